The minimum Gasteiger partial charge on any atom is -0.545 e. The number of para-hydroxylation sites is 1. The van der Waals surface area contributed by atoms with Gasteiger partial charge in [-0.1, -0.05) is 48.0 Å². The Kier molecular flexibility index (Phi) is 4.23. The highest BCUT2D eigenvalue weighted by atomic mass is 35.5. The number of hydrogen-bond donors (Lipinski definition) is 1. The number of quaternary nitrogens is 1. The summed E-state index contributed by atoms with van der Waals surface area (Å²) in [6.07, 6.45) is 2.00. The zero-order valence-corrected chi connectivity index (χ0v) is 15.0. The number of fused-ring (bicyclic) bond motifs is 2. The number of nitrogens with one attached hydrogen (secondary N) is 1. The molecule has 26 heavy (non-hydrogen) atoms. The van der Waals surface area contributed by atoms with Gasteiger partial charge in [-0.15, -0.1) is 0 Å². The van der Waals surface area contributed by atoms with Crippen LogP contribution in [0.1, 0.15) is 27.2 Å². The molecule has 0 saturated heterocycles. The maximum Gasteiger partial charge on any atom is 0.106 e. The molecule has 0 amide bonds. The van der Waals surface area contributed by atoms with Crippen molar-refractivity contribution in [3.63, 3.8) is 0 Å². The highest BCUT2D eigenvalue weighted by Crippen LogP contribution is 2.30. The van der Waals surface area contributed by atoms with E-state index in [1.165, 1.54) is 4.90 Å². The van der Waals surface area contributed by atoms with Crippen molar-refractivity contribution in [2.45, 2.75) is 6.54 Å². The van der Waals surface area contributed by atoms with E-state index in [1.54, 1.807) is 6.07 Å². The molecule has 1 atom stereocenters. The van der Waals surface area contributed by atoms with Gasteiger partial charge in [-0.3, -0.25) is 0 Å². The molecule has 0 spiro atoms. The molecule has 1 N–H and O–H groups in total. The molecule has 0 radical (unpaired) electrons. The smallest absolute Gasteiger partial charge is 0.106 e. The molecule has 1 aliphatic rings. The van der Waals surface area contributed by atoms with Crippen molar-refractivity contribution in [3.05, 3.63) is 75.9 Å². The number of benzene rings is 2. The van der Waals surface area contributed by atoms with Crippen molar-refractivity contribution in [2.24, 2.45) is 0 Å². The Morgan fingerprint density at radius 2 is 1.88 bits per heavy atom. The van der Waals surface area contributed by atoms with Gasteiger partial charge >= 0.3 is 0 Å². The highest BCUT2D eigenvalue weighted by Gasteiger charge is 2.27. The summed E-state index contributed by atoms with van der Waals surface area (Å²) >= 11 is 6.31. The molecule has 4 rings (SSSR count). The Bertz CT molecular complexity index is 1060. The maximum atomic E-state index is 11.9. The number of nitrogens with zero attached hydrogens (tertiary/aromatic N) is 1. The Balaban J connectivity index is 2.01. The van der Waals surface area contributed by atoms with Crippen LogP contribution in [0.5, 0.6) is 0 Å². The lowest BCUT2D eigenvalue weighted by atomic mass is 9.92. The molecule has 0 saturated carbocycles. The molecule has 3 aromatic rings. The summed E-state index contributed by atoms with van der Waals surface area (Å²) in [7, 11) is 2.04. The number of likely N-dealkylation sites (N-methyl/N-ethyl adjacent to an activating group) is 1. The number of carboxylic acid groups (broad SMARTS) is 1. The van der Waals surface area contributed by atoms with Crippen LogP contribution in [-0.4, -0.2) is 24.5 Å². The van der Waals surface area contributed by atoms with Gasteiger partial charge in [0.1, 0.15) is 13.1 Å². The van der Waals surface area contributed by atoms with Crippen LogP contribution in [0.25, 0.3) is 22.6 Å². The summed E-state index contributed by atoms with van der Waals surface area (Å²) in [5, 5.41) is 13.2. The van der Waals surface area contributed by atoms with Crippen LogP contribution in [0, 0.1) is 0 Å². The summed E-state index contributed by atoms with van der Waals surface area (Å²) in [6, 6.07) is 14.9. The van der Waals surface area contributed by atoms with E-state index in [1.807, 2.05) is 55.6 Å². The zero-order valence-electron chi connectivity index (χ0n) is 14.3. The number of pyridine rings is 1. The SMILES string of the molecule is C[NH+]1C/C(=C\c2ccccc2Cl)c2nc3ccccc3c(C(=O)[O-])c2C1. The van der Waals surface area contributed by atoms with E-state index in [0.717, 1.165) is 28.9 Å². The molecule has 130 valence electrons. The van der Waals surface area contributed by atoms with Crippen LogP contribution in [-0.2, 0) is 6.54 Å². The largest absolute Gasteiger partial charge is 0.545 e. The van der Waals surface area contributed by atoms with E-state index in [9.17, 15) is 9.90 Å². The molecular weight excluding hydrogens is 348 g/mol. The van der Waals surface area contributed by atoms with Crippen LogP contribution in [0.15, 0.2) is 48.5 Å². The van der Waals surface area contributed by atoms with E-state index < -0.39 is 5.97 Å². The number of rotatable bonds is 2. The van der Waals surface area contributed by atoms with Gasteiger partial charge in [0.05, 0.1) is 24.2 Å². The topological polar surface area (TPSA) is 57.5 Å². The third-order valence-corrected chi connectivity index (χ3v) is 5.05. The minimum atomic E-state index is -1.16. The average Bonchev–Trinajstić information content (AvgIpc) is 2.61. The molecule has 1 aromatic heterocycles. The predicted molar refractivity (Wildman–Crippen MR) is 101 cm³/mol. The van der Waals surface area contributed by atoms with Gasteiger partial charge in [0.25, 0.3) is 0 Å². The van der Waals surface area contributed by atoms with Crippen molar-refractivity contribution in [1.82, 2.24) is 4.98 Å². The molecule has 0 fully saturated rings. The first kappa shape index (κ1) is 16.8. The summed E-state index contributed by atoms with van der Waals surface area (Å²) in [4.78, 5) is 17.9. The van der Waals surface area contributed by atoms with Gasteiger partial charge in [0.15, 0.2) is 0 Å². The normalized spacial score (nSPS) is 18.1. The summed E-state index contributed by atoms with van der Waals surface area (Å²) in [5.74, 6) is -1.16. The lowest BCUT2D eigenvalue weighted by molar-refractivity contribution is -0.887. The van der Waals surface area contributed by atoms with Crippen LogP contribution < -0.4 is 10.0 Å². The standard InChI is InChI=1S/C21H17ClN2O2/c1-24-11-14(10-13-6-2-4-8-17(13)22)20-16(12-24)19(21(25)26)15-7-3-5-9-18(15)23-20/h2-10H,11-12H2,1H3,(H,25,26)/b14-10+. The monoisotopic (exact) mass is 364 g/mol. The van der Waals surface area contributed by atoms with Crippen molar-refractivity contribution in [1.29, 1.82) is 0 Å². The van der Waals surface area contributed by atoms with E-state index in [2.05, 4.69) is 0 Å². The fourth-order valence-electron chi connectivity index (χ4n) is 3.59. The number of aromatic nitrogens is 1. The number of hydrogen-bond acceptors (Lipinski definition) is 3. The molecule has 0 bridgehead atoms. The summed E-state index contributed by atoms with van der Waals surface area (Å²) in [6.45, 7) is 1.34. The zero-order chi connectivity index (χ0) is 18.3. The van der Waals surface area contributed by atoms with Gasteiger partial charge in [0, 0.05) is 27.1 Å². The Morgan fingerprint density at radius 1 is 1.15 bits per heavy atom. The first-order valence-electron chi connectivity index (χ1n) is 8.44. The first-order valence-corrected chi connectivity index (χ1v) is 8.82. The van der Waals surface area contributed by atoms with E-state index in [-0.39, 0.29) is 5.56 Å². The number of aromatic carboxylic acids is 1. The van der Waals surface area contributed by atoms with Gasteiger partial charge < -0.3 is 14.8 Å². The van der Waals surface area contributed by atoms with Gasteiger partial charge in [-0.05, 0) is 23.8 Å². The fraction of sp³-hybridized carbons (Fsp3) is 0.143. The van der Waals surface area contributed by atoms with Gasteiger partial charge in [-0.2, -0.15) is 0 Å². The lowest BCUT2D eigenvalue weighted by Gasteiger charge is -2.27. The second-order valence-corrected chi connectivity index (χ2v) is 7.03. The molecular formula is C21H17ClN2O2. The molecule has 0 aliphatic carbocycles. The summed E-state index contributed by atoms with van der Waals surface area (Å²) < 4.78 is 0. The molecule has 2 aromatic carbocycles. The fourth-order valence-corrected chi connectivity index (χ4v) is 3.78. The second-order valence-electron chi connectivity index (χ2n) is 6.62. The molecule has 1 unspecified atom stereocenters. The molecule has 1 aliphatic heterocycles. The van der Waals surface area contributed by atoms with Crippen LogP contribution in [0.3, 0.4) is 0 Å². The first-order chi connectivity index (χ1) is 12.5. The maximum absolute atomic E-state index is 11.9. The van der Waals surface area contributed by atoms with Crippen molar-refractivity contribution >= 4 is 40.1 Å². The van der Waals surface area contributed by atoms with Gasteiger partial charge in [-0.25, -0.2) is 4.98 Å². The molecule has 5 heteroatoms. The van der Waals surface area contributed by atoms with Crippen molar-refractivity contribution in [3.8, 4) is 0 Å². The Labute approximate surface area is 156 Å². The number of halogens is 1. The molecule has 4 nitrogen and oxygen atoms in total. The van der Waals surface area contributed by atoms with Crippen molar-refractivity contribution in [2.75, 3.05) is 13.6 Å². The Hall–Kier alpha value is -2.69. The quantitative estimate of drug-likeness (QED) is 0.754. The summed E-state index contributed by atoms with van der Waals surface area (Å²) in [5.41, 5.74) is 4.24. The van der Waals surface area contributed by atoms with Crippen LogP contribution in [0.4, 0.5) is 0 Å². The number of carbonyl (C=O) groups is 1. The third kappa shape index (κ3) is 2.87. The van der Waals surface area contributed by atoms with E-state index >= 15 is 0 Å². The van der Waals surface area contributed by atoms with E-state index in [4.69, 9.17) is 16.6 Å². The highest BCUT2D eigenvalue weighted by molar-refractivity contribution is 6.32. The number of carboxylic acids is 1. The number of carbonyl (C=O) groups excluding carboxylic acids is 1. The van der Waals surface area contributed by atoms with E-state index in [0.29, 0.717) is 22.5 Å². The predicted octanol–water partition coefficient (Wildman–Crippen LogP) is 1.82. The average molecular weight is 365 g/mol. The minimum absolute atomic E-state index is 0.245. The van der Waals surface area contributed by atoms with Crippen LogP contribution in [0.2, 0.25) is 5.02 Å². The molecule has 2 heterocycles. The Morgan fingerprint density at radius 3 is 2.65 bits per heavy atom. The third-order valence-electron chi connectivity index (χ3n) is 4.71. The van der Waals surface area contributed by atoms with Crippen molar-refractivity contribution < 1.29 is 14.8 Å². The van der Waals surface area contributed by atoms with Crippen LogP contribution >= 0.6 is 11.6 Å². The second kappa shape index (κ2) is 6.56. The van der Waals surface area contributed by atoms with Gasteiger partial charge in [0.2, 0.25) is 0 Å². The lowest BCUT2D eigenvalue weighted by Crippen LogP contribution is -3.08.